The maximum absolute atomic E-state index is 12.0. The zero-order valence-corrected chi connectivity index (χ0v) is 15.1. The Morgan fingerprint density at radius 1 is 0.714 bits per heavy atom. The second kappa shape index (κ2) is 16.0. The molecule has 0 aliphatic heterocycles. The van der Waals surface area contributed by atoms with Crippen molar-refractivity contribution < 1.29 is 4.79 Å². The van der Waals surface area contributed by atoms with Gasteiger partial charge >= 0.3 is 0 Å². The van der Waals surface area contributed by atoms with Crippen molar-refractivity contribution in [1.82, 2.24) is 0 Å². The van der Waals surface area contributed by atoms with Crippen LogP contribution >= 0.6 is 0 Å². The molecule has 0 bridgehead atoms. The molecule has 0 saturated carbocycles. The van der Waals surface area contributed by atoms with Crippen molar-refractivity contribution >= 4 is 5.78 Å². The minimum absolute atomic E-state index is 0.515. The minimum Gasteiger partial charge on any atom is -0.300 e. The first-order chi connectivity index (χ1) is 10.2. The van der Waals surface area contributed by atoms with E-state index in [4.69, 9.17) is 0 Å². The fourth-order valence-electron chi connectivity index (χ4n) is 3.00. The number of carbonyl (C=O) groups excluding carboxylic acids is 1. The molecule has 0 aromatic carbocycles. The van der Waals surface area contributed by atoms with Gasteiger partial charge in [-0.3, -0.25) is 4.79 Å². The standard InChI is InChI=1S/C20H40O/c1-4-7-9-10-11-12-13-14-15-17-20(21)18-19(6-3)16-8-5-2/h19H,4-18H2,1-3H3. The maximum atomic E-state index is 12.0. The minimum atomic E-state index is 0.515. The van der Waals surface area contributed by atoms with E-state index in [2.05, 4.69) is 20.8 Å². The highest BCUT2D eigenvalue weighted by molar-refractivity contribution is 5.78. The molecule has 0 heterocycles. The van der Waals surface area contributed by atoms with E-state index in [1.807, 2.05) is 0 Å². The van der Waals surface area contributed by atoms with Crippen LogP contribution < -0.4 is 0 Å². The molecular weight excluding hydrogens is 256 g/mol. The van der Waals surface area contributed by atoms with Crippen LogP contribution in [0.4, 0.5) is 0 Å². The van der Waals surface area contributed by atoms with E-state index in [1.165, 1.54) is 77.0 Å². The molecule has 0 amide bonds. The first-order valence-electron chi connectivity index (χ1n) is 9.76. The molecule has 0 aromatic rings. The summed E-state index contributed by atoms with van der Waals surface area (Å²) in [5.41, 5.74) is 0. The topological polar surface area (TPSA) is 17.1 Å². The summed E-state index contributed by atoms with van der Waals surface area (Å²) in [6, 6.07) is 0. The van der Waals surface area contributed by atoms with Crippen molar-refractivity contribution in [1.29, 1.82) is 0 Å². The van der Waals surface area contributed by atoms with Crippen molar-refractivity contribution in [2.45, 2.75) is 117 Å². The molecule has 1 unspecified atom stereocenters. The Balaban J connectivity index is 3.40. The molecule has 1 heteroatoms. The fraction of sp³-hybridized carbons (Fsp3) is 0.950. The Bertz CT molecular complexity index is 222. The average Bonchev–Trinajstić information content (AvgIpc) is 2.49. The van der Waals surface area contributed by atoms with Crippen molar-refractivity contribution in [2.75, 3.05) is 0 Å². The van der Waals surface area contributed by atoms with Crippen LogP contribution in [-0.4, -0.2) is 5.78 Å². The normalized spacial score (nSPS) is 12.5. The van der Waals surface area contributed by atoms with Crippen LogP contribution in [0.25, 0.3) is 0 Å². The molecule has 1 nitrogen and oxygen atoms in total. The molecule has 0 radical (unpaired) electrons. The number of hydrogen-bond donors (Lipinski definition) is 0. The van der Waals surface area contributed by atoms with Gasteiger partial charge in [0.1, 0.15) is 5.78 Å². The Morgan fingerprint density at radius 2 is 1.24 bits per heavy atom. The van der Waals surface area contributed by atoms with Crippen LogP contribution in [0, 0.1) is 5.92 Å². The highest BCUT2D eigenvalue weighted by Crippen LogP contribution is 2.19. The van der Waals surface area contributed by atoms with Gasteiger partial charge in [-0.05, 0) is 12.3 Å². The summed E-state index contributed by atoms with van der Waals surface area (Å²) in [6.07, 6.45) is 18.6. The Hall–Kier alpha value is -0.330. The van der Waals surface area contributed by atoms with Crippen molar-refractivity contribution in [3.63, 3.8) is 0 Å². The molecule has 0 N–H and O–H groups in total. The largest absolute Gasteiger partial charge is 0.300 e. The van der Waals surface area contributed by atoms with Crippen molar-refractivity contribution in [3.8, 4) is 0 Å². The van der Waals surface area contributed by atoms with Crippen molar-refractivity contribution in [2.24, 2.45) is 5.92 Å². The number of hydrogen-bond acceptors (Lipinski definition) is 1. The van der Waals surface area contributed by atoms with Crippen LogP contribution in [0.5, 0.6) is 0 Å². The highest BCUT2D eigenvalue weighted by atomic mass is 16.1. The summed E-state index contributed by atoms with van der Waals surface area (Å²) in [6.45, 7) is 6.73. The molecule has 0 rings (SSSR count). The molecule has 0 aromatic heterocycles. The fourth-order valence-corrected chi connectivity index (χ4v) is 3.00. The summed E-state index contributed by atoms with van der Waals surface area (Å²) in [7, 11) is 0. The van der Waals surface area contributed by atoms with Gasteiger partial charge in [0.25, 0.3) is 0 Å². The van der Waals surface area contributed by atoms with Crippen LogP contribution in [0.2, 0.25) is 0 Å². The third-order valence-electron chi connectivity index (χ3n) is 4.62. The quantitative estimate of drug-likeness (QED) is 0.278. The summed E-state index contributed by atoms with van der Waals surface area (Å²) in [4.78, 5) is 12.0. The molecule has 0 spiro atoms. The van der Waals surface area contributed by atoms with Gasteiger partial charge in [0, 0.05) is 12.8 Å². The lowest BCUT2D eigenvalue weighted by molar-refractivity contribution is -0.120. The molecule has 21 heavy (non-hydrogen) atoms. The van der Waals surface area contributed by atoms with E-state index in [0.717, 1.165) is 19.3 Å². The lowest BCUT2D eigenvalue weighted by Gasteiger charge is -2.13. The van der Waals surface area contributed by atoms with Crippen LogP contribution in [0.3, 0.4) is 0 Å². The van der Waals surface area contributed by atoms with Gasteiger partial charge in [-0.15, -0.1) is 0 Å². The van der Waals surface area contributed by atoms with E-state index in [-0.39, 0.29) is 0 Å². The van der Waals surface area contributed by atoms with E-state index in [9.17, 15) is 4.79 Å². The first-order valence-corrected chi connectivity index (χ1v) is 9.76. The predicted molar refractivity (Wildman–Crippen MR) is 94.8 cm³/mol. The number of rotatable bonds is 16. The molecule has 0 aliphatic rings. The van der Waals surface area contributed by atoms with Gasteiger partial charge < -0.3 is 0 Å². The molecule has 1 atom stereocenters. The van der Waals surface area contributed by atoms with Gasteiger partial charge in [0.2, 0.25) is 0 Å². The van der Waals surface area contributed by atoms with Crippen LogP contribution in [-0.2, 0) is 4.79 Å². The summed E-state index contributed by atoms with van der Waals surface area (Å²) < 4.78 is 0. The molecule has 0 fully saturated rings. The predicted octanol–water partition coefficient (Wildman–Crippen LogP) is 7.08. The number of ketones is 1. The number of carbonyl (C=O) groups is 1. The van der Waals surface area contributed by atoms with E-state index in [0.29, 0.717) is 11.7 Å². The number of unbranched alkanes of at least 4 members (excludes halogenated alkanes) is 9. The monoisotopic (exact) mass is 296 g/mol. The Morgan fingerprint density at radius 3 is 1.76 bits per heavy atom. The van der Waals surface area contributed by atoms with Gasteiger partial charge in [-0.25, -0.2) is 0 Å². The number of Topliss-reactive ketones (excluding diaryl/α,β-unsaturated/α-hetero) is 1. The van der Waals surface area contributed by atoms with E-state index in [1.54, 1.807) is 0 Å². The zero-order chi connectivity index (χ0) is 15.8. The SMILES string of the molecule is CCCCCCCCCCCC(=O)CC(CC)CCCC. The van der Waals surface area contributed by atoms with E-state index >= 15 is 0 Å². The van der Waals surface area contributed by atoms with Crippen molar-refractivity contribution in [3.05, 3.63) is 0 Å². The molecule has 126 valence electrons. The Kier molecular flexibility index (Phi) is 15.8. The highest BCUT2D eigenvalue weighted by Gasteiger charge is 2.11. The van der Waals surface area contributed by atoms with Crippen LogP contribution in [0.1, 0.15) is 117 Å². The zero-order valence-electron chi connectivity index (χ0n) is 15.1. The second-order valence-corrected chi connectivity index (χ2v) is 6.74. The lowest BCUT2D eigenvalue weighted by atomic mass is 9.92. The molecular formula is C20H40O. The second-order valence-electron chi connectivity index (χ2n) is 6.74. The third kappa shape index (κ3) is 14.4. The van der Waals surface area contributed by atoms with Gasteiger partial charge in [0.15, 0.2) is 0 Å². The average molecular weight is 297 g/mol. The van der Waals surface area contributed by atoms with Gasteiger partial charge in [-0.2, -0.15) is 0 Å². The first kappa shape index (κ1) is 20.7. The lowest BCUT2D eigenvalue weighted by Crippen LogP contribution is -2.07. The van der Waals surface area contributed by atoms with Gasteiger partial charge in [0.05, 0.1) is 0 Å². The summed E-state index contributed by atoms with van der Waals surface area (Å²) in [5.74, 6) is 1.16. The van der Waals surface area contributed by atoms with Gasteiger partial charge in [-0.1, -0.05) is 97.8 Å². The summed E-state index contributed by atoms with van der Waals surface area (Å²) in [5, 5.41) is 0. The maximum Gasteiger partial charge on any atom is 0.133 e. The third-order valence-corrected chi connectivity index (χ3v) is 4.62. The smallest absolute Gasteiger partial charge is 0.133 e. The molecule has 0 saturated heterocycles. The van der Waals surface area contributed by atoms with Crippen LogP contribution in [0.15, 0.2) is 0 Å². The molecule has 0 aliphatic carbocycles. The summed E-state index contributed by atoms with van der Waals surface area (Å²) >= 11 is 0. The van der Waals surface area contributed by atoms with E-state index < -0.39 is 0 Å². The Labute approximate surface area is 134 Å².